The summed E-state index contributed by atoms with van der Waals surface area (Å²) in [5.41, 5.74) is 1.67. The van der Waals surface area contributed by atoms with Crippen LogP contribution in [0, 0.1) is 17.8 Å². The van der Waals surface area contributed by atoms with Crippen LogP contribution in [0.25, 0.3) is 0 Å². The molecule has 162 valence electrons. The van der Waals surface area contributed by atoms with Gasteiger partial charge in [-0.3, -0.25) is 0 Å². The minimum atomic E-state index is 0.945. The van der Waals surface area contributed by atoms with Gasteiger partial charge in [-0.05, 0) is 43.4 Å². The van der Waals surface area contributed by atoms with E-state index in [-0.39, 0.29) is 0 Å². The lowest BCUT2D eigenvalue weighted by atomic mass is 9.78. The molecule has 0 saturated heterocycles. The van der Waals surface area contributed by atoms with Gasteiger partial charge in [0, 0.05) is 0 Å². The number of unbranched alkanes of at least 4 members (excludes halogenated alkanes) is 6. The predicted octanol–water partition coefficient (Wildman–Crippen LogP) is 10.1. The Hall–Kier alpha value is -0.260. The Morgan fingerprint density at radius 3 is 2.00 bits per heavy atom. The normalized spacial score (nSPS) is 24.8. The zero-order valence-corrected chi connectivity index (χ0v) is 20.1. The van der Waals surface area contributed by atoms with Crippen molar-refractivity contribution in [3.63, 3.8) is 0 Å². The van der Waals surface area contributed by atoms with Crippen LogP contribution >= 0.6 is 0 Å². The van der Waals surface area contributed by atoms with Gasteiger partial charge in [0.2, 0.25) is 0 Å². The zero-order chi connectivity index (χ0) is 20.3. The number of hydrogen-bond acceptors (Lipinski definition) is 0. The van der Waals surface area contributed by atoms with E-state index in [9.17, 15) is 0 Å². The van der Waals surface area contributed by atoms with Crippen LogP contribution in [0.4, 0.5) is 0 Å². The topological polar surface area (TPSA) is 0 Å². The minimum absolute atomic E-state index is 0.945. The molecule has 0 amide bonds. The van der Waals surface area contributed by atoms with Crippen LogP contribution in [0.1, 0.15) is 144 Å². The number of allylic oxidation sites excluding steroid dienone is 2. The van der Waals surface area contributed by atoms with Gasteiger partial charge in [-0.25, -0.2) is 0 Å². The van der Waals surface area contributed by atoms with Crippen LogP contribution in [-0.2, 0) is 0 Å². The van der Waals surface area contributed by atoms with Crippen molar-refractivity contribution in [2.75, 3.05) is 0 Å². The third kappa shape index (κ3) is 14.4. The van der Waals surface area contributed by atoms with Crippen LogP contribution in [0.2, 0.25) is 0 Å². The van der Waals surface area contributed by atoms with E-state index < -0.39 is 0 Å². The third-order valence-electron chi connectivity index (χ3n) is 6.69. The van der Waals surface area contributed by atoms with Gasteiger partial charge in [-0.2, -0.15) is 0 Å². The van der Waals surface area contributed by atoms with E-state index in [0.29, 0.717) is 0 Å². The Morgan fingerprint density at radius 1 is 0.815 bits per heavy atom. The number of rotatable bonds is 9. The standard InChI is InChI=1S/C16H32.C9H16.C2H6/c1-3-4-5-6-7-8-9-13-16-14-11-10-12-15(16)2;1-3-9-6-4-8(2)5-7-9;1-2/h15-16H,3-14H2,1-2H3;6,8H,3-5,7H2,1-2H3;1-2H3. The molecule has 0 nitrogen and oxygen atoms in total. The van der Waals surface area contributed by atoms with E-state index in [0.717, 1.165) is 17.8 Å². The van der Waals surface area contributed by atoms with Gasteiger partial charge < -0.3 is 0 Å². The van der Waals surface area contributed by atoms with Gasteiger partial charge >= 0.3 is 0 Å². The molecule has 0 heterocycles. The molecule has 1 fully saturated rings. The molecule has 2 rings (SSSR count). The second-order valence-corrected chi connectivity index (χ2v) is 9.03. The first-order valence-electron chi connectivity index (χ1n) is 12.8. The van der Waals surface area contributed by atoms with Gasteiger partial charge in [0.15, 0.2) is 0 Å². The van der Waals surface area contributed by atoms with Crippen molar-refractivity contribution in [2.45, 2.75) is 144 Å². The highest BCUT2D eigenvalue weighted by atomic mass is 14.3. The summed E-state index contributed by atoms with van der Waals surface area (Å²) in [4.78, 5) is 0. The van der Waals surface area contributed by atoms with Gasteiger partial charge in [0.1, 0.15) is 0 Å². The Bertz CT molecular complexity index is 327. The quantitative estimate of drug-likeness (QED) is 0.276. The molecular formula is C27H54. The molecule has 2 aliphatic rings. The summed E-state index contributed by atoms with van der Waals surface area (Å²) >= 11 is 0. The lowest BCUT2D eigenvalue weighted by molar-refractivity contribution is 0.236. The summed E-state index contributed by atoms with van der Waals surface area (Å²) in [6.07, 6.45) is 25.6. The fourth-order valence-electron chi connectivity index (χ4n) is 4.53. The first-order chi connectivity index (χ1) is 13.2. The summed E-state index contributed by atoms with van der Waals surface area (Å²) in [7, 11) is 0. The van der Waals surface area contributed by atoms with Crippen LogP contribution in [0.3, 0.4) is 0 Å². The smallest absolute Gasteiger partial charge is 0.0318 e. The van der Waals surface area contributed by atoms with Crippen LogP contribution in [-0.4, -0.2) is 0 Å². The maximum atomic E-state index is 2.48. The van der Waals surface area contributed by atoms with E-state index in [1.54, 1.807) is 5.57 Å². The monoisotopic (exact) mass is 378 g/mol. The predicted molar refractivity (Wildman–Crippen MR) is 126 cm³/mol. The summed E-state index contributed by atoms with van der Waals surface area (Å²) in [6, 6.07) is 0. The van der Waals surface area contributed by atoms with E-state index in [2.05, 4.69) is 33.8 Å². The Morgan fingerprint density at radius 2 is 1.44 bits per heavy atom. The Labute approximate surface area is 174 Å². The summed E-state index contributed by atoms with van der Waals surface area (Å²) < 4.78 is 0. The second kappa shape index (κ2) is 19.1. The molecule has 2 aliphatic carbocycles. The summed E-state index contributed by atoms with van der Waals surface area (Å²) in [5, 5.41) is 0. The molecule has 1 saturated carbocycles. The van der Waals surface area contributed by atoms with Crippen molar-refractivity contribution in [2.24, 2.45) is 17.8 Å². The van der Waals surface area contributed by atoms with Gasteiger partial charge in [-0.15, -0.1) is 0 Å². The van der Waals surface area contributed by atoms with Crippen molar-refractivity contribution in [3.8, 4) is 0 Å². The zero-order valence-electron chi connectivity index (χ0n) is 20.1. The van der Waals surface area contributed by atoms with Crippen molar-refractivity contribution >= 4 is 0 Å². The average Bonchev–Trinajstić information content (AvgIpc) is 2.71. The highest BCUT2D eigenvalue weighted by Gasteiger charge is 2.20. The van der Waals surface area contributed by atoms with Gasteiger partial charge in [0.05, 0.1) is 0 Å². The average molecular weight is 379 g/mol. The molecule has 3 unspecified atom stereocenters. The molecule has 27 heavy (non-hydrogen) atoms. The van der Waals surface area contributed by atoms with Crippen molar-refractivity contribution in [1.29, 1.82) is 0 Å². The maximum Gasteiger partial charge on any atom is -0.0318 e. The largest absolute Gasteiger partial charge is 0.0851 e. The van der Waals surface area contributed by atoms with Crippen molar-refractivity contribution in [3.05, 3.63) is 11.6 Å². The third-order valence-corrected chi connectivity index (χ3v) is 6.69. The summed E-state index contributed by atoms with van der Waals surface area (Å²) in [6.45, 7) is 13.4. The first-order valence-corrected chi connectivity index (χ1v) is 12.8. The maximum absolute atomic E-state index is 2.48. The van der Waals surface area contributed by atoms with Crippen molar-refractivity contribution < 1.29 is 0 Å². The van der Waals surface area contributed by atoms with Crippen LogP contribution in [0.5, 0.6) is 0 Å². The molecule has 0 spiro atoms. The lowest BCUT2D eigenvalue weighted by Gasteiger charge is -2.28. The fourth-order valence-corrected chi connectivity index (χ4v) is 4.53. The molecule has 0 aromatic rings. The molecule has 0 aliphatic heterocycles. The lowest BCUT2D eigenvalue weighted by Crippen LogP contribution is -2.16. The van der Waals surface area contributed by atoms with Gasteiger partial charge in [0.25, 0.3) is 0 Å². The van der Waals surface area contributed by atoms with Gasteiger partial charge in [-0.1, -0.05) is 130 Å². The fraction of sp³-hybridized carbons (Fsp3) is 0.926. The molecule has 0 aromatic heterocycles. The second-order valence-electron chi connectivity index (χ2n) is 9.03. The molecule has 3 atom stereocenters. The highest BCUT2D eigenvalue weighted by Crippen LogP contribution is 2.33. The van der Waals surface area contributed by atoms with E-state index in [1.165, 1.54) is 103 Å². The minimum Gasteiger partial charge on any atom is -0.0851 e. The van der Waals surface area contributed by atoms with Crippen LogP contribution < -0.4 is 0 Å². The van der Waals surface area contributed by atoms with E-state index in [4.69, 9.17) is 0 Å². The SMILES string of the molecule is CC.CCC1=CCC(C)CC1.CCCCCCCCCC1CCCCC1C. The van der Waals surface area contributed by atoms with Crippen molar-refractivity contribution in [1.82, 2.24) is 0 Å². The highest BCUT2D eigenvalue weighted by molar-refractivity contribution is 5.04. The first kappa shape index (κ1) is 26.7. The molecular weight excluding hydrogens is 324 g/mol. The molecule has 0 radical (unpaired) electrons. The van der Waals surface area contributed by atoms with E-state index >= 15 is 0 Å². The van der Waals surface area contributed by atoms with E-state index in [1.807, 2.05) is 13.8 Å². The molecule has 0 aromatic carbocycles. The summed E-state index contributed by atoms with van der Waals surface area (Å²) in [5.74, 6) is 3.04. The Kier molecular flexibility index (Phi) is 18.9. The molecule has 0 bridgehead atoms. The molecule has 0 heteroatoms. The van der Waals surface area contributed by atoms with Crippen LogP contribution in [0.15, 0.2) is 11.6 Å². The molecule has 0 N–H and O–H groups in total. The Balaban J connectivity index is 0.000000519. The number of hydrogen-bond donors (Lipinski definition) is 0.